The van der Waals surface area contributed by atoms with E-state index < -0.39 is 22.9 Å². The summed E-state index contributed by atoms with van der Waals surface area (Å²) < 4.78 is 23.0. The zero-order valence-electron chi connectivity index (χ0n) is 23.3. The average Bonchev–Trinajstić information content (AvgIpc) is 3.41. The Morgan fingerprint density at radius 2 is 1.88 bits per heavy atom. The van der Waals surface area contributed by atoms with Crippen LogP contribution in [0.4, 0.5) is 11.4 Å². The van der Waals surface area contributed by atoms with E-state index in [0.29, 0.717) is 49.6 Å². The first kappa shape index (κ1) is 30.4. The van der Waals surface area contributed by atoms with Crippen molar-refractivity contribution in [2.45, 2.75) is 58.2 Å². The Bertz CT molecular complexity index is 1240. The van der Waals surface area contributed by atoms with Crippen molar-refractivity contribution in [2.24, 2.45) is 0 Å². The van der Waals surface area contributed by atoms with Gasteiger partial charge in [-0.05, 0) is 73.4 Å². The van der Waals surface area contributed by atoms with E-state index in [1.807, 2.05) is 43.3 Å². The van der Waals surface area contributed by atoms with Crippen LogP contribution in [0.15, 0.2) is 60.0 Å². The number of aliphatic hydroxyl groups is 1. The molecule has 2 atom stereocenters. The van der Waals surface area contributed by atoms with E-state index in [9.17, 15) is 19.0 Å². The Labute approximate surface area is 243 Å². The number of carbonyl (C=O) groups excluding carboxylic acids is 1. The Balaban J connectivity index is 1.52. The summed E-state index contributed by atoms with van der Waals surface area (Å²) in [6, 6.07) is 16.8. The highest BCUT2D eigenvalue weighted by Gasteiger charge is 2.28. The minimum Gasteiger partial charge on any atom is -0.390 e. The van der Waals surface area contributed by atoms with Crippen LogP contribution in [0, 0.1) is 0 Å². The third kappa shape index (κ3) is 8.22. The van der Waals surface area contributed by atoms with Gasteiger partial charge in [0.05, 0.1) is 23.6 Å². The van der Waals surface area contributed by atoms with Gasteiger partial charge in [-0.1, -0.05) is 37.3 Å². The highest BCUT2D eigenvalue weighted by atomic mass is 32.3. The molecule has 218 valence electrons. The van der Waals surface area contributed by atoms with E-state index >= 15 is 0 Å². The average molecular weight is 587 g/mol. The van der Waals surface area contributed by atoms with E-state index in [1.54, 1.807) is 27.8 Å². The van der Waals surface area contributed by atoms with Crippen LogP contribution < -0.4 is 20.3 Å². The first-order chi connectivity index (χ1) is 19.3. The Hall–Kier alpha value is -2.60. The molecule has 3 aromatic rings. The fourth-order valence-corrected chi connectivity index (χ4v) is 7.43. The summed E-state index contributed by atoms with van der Waals surface area (Å²) in [6.07, 6.45) is 2.27. The van der Waals surface area contributed by atoms with Gasteiger partial charge >= 0.3 is 0 Å². The SMILES string of the molecule is CCNc1cc(C(=O)NC(Cc2ccccc2)C(O)CNCc2csc(CC)c2)cc(N2CCCCS2(O)O)c1. The van der Waals surface area contributed by atoms with Crippen LogP contribution >= 0.6 is 22.1 Å². The minimum atomic E-state index is -2.94. The van der Waals surface area contributed by atoms with Crippen molar-refractivity contribution in [3.05, 3.63) is 81.5 Å². The molecule has 1 aliphatic rings. The van der Waals surface area contributed by atoms with Crippen molar-refractivity contribution < 1.29 is 19.0 Å². The molecule has 0 spiro atoms. The molecule has 1 aliphatic heterocycles. The second-order valence-electron chi connectivity index (χ2n) is 10.2. The van der Waals surface area contributed by atoms with Crippen molar-refractivity contribution in [3.63, 3.8) is 0 Å². The van der Waals surface area contributed by atoms with E-state index in [0.717, 1.165) is 30.5 Å². The predicted molar refractivity (Wildman–Crippen MR) is 168 cm³/mol. The fourth-order valence-electron chi connectivity index (χ4n) is 4.91. The molecule has 10 heteroatoms. The standard InChI is InChI=1S/C30H42N4O4S2/c1-3-27-14-23(21-39-27)19-31-20-29(35)28(15-22-10-6-5-7-11-22)33-30(36)24-16-25(32-4-2)18-26(17-24)34-12-8-9-13-40(34,37)38/h5-7,10-11,14,16-18,21,28-29,31-32,35,37-38H,3-4,8-9,12-13,15,19-20H2,1-2H3,(H,33,36). The molecule has 1 fully saturated rings. The minimum absolute atomic E-state index is 0.320. The number of hydrogen-bond donors (Lipinski definition) is 6. The lowest BCUT2D eigenvalue weighted by Gasteiger charge is -2.47. The van der Waals surface area contributed by atoms with Crippen LogP contribution in [0.1, 0.15) is 53.1 Å². The molecule has 6 N–H and O–H groups in total. The van der Waals surface area contributed by atoms with Gasteiger partial charge in [0.1, 0.15) is 0 Å². The number of thiophene rings is 1. The summed E-state index contributed by atoms with van der Waals surface area (Å²) in [5, 5.41) is 23.0. The van der Waals surface area contributed by atoms with E-state index in [-0.39, 0.29) is 5.91 Å². The maximum Gasteiger partial charge on any atom is 0.251 e. The van der Waals surface area contributed by atoms with Crippen LogP contribution in [-0.4, -0.2) is 57.7 Å². The van der Waals surface area contributed by atoms with Crippen molar-refractivity contribution in [1.82, 2.24) is 10.6 Å². The Morgan fingerprint density at radius 1 is 1.07 bits per heavy atom. The van der Waals surface area contributed by atoms with E-state index in [2.05, 4.69) is 34.3 Å². The molecular weight excluding hydrogens is 544 g/mol. The number of nitrogens with one attached hydrogen (secondary N) is 3. The number of aliphatic hydroxyl groups excluding tert-OH is 1. The van der Waals surface area contributed by atoms with Gasteiger partial charge in [0.2, 0.25) is 0 Å². The number of hydrogen-bond acceptors (Lipinski definition) is 8. The molecule has 1 aromatic heterocycles. The molecule has 0 radical (unpaired) electrons. The van der Waals surface area contributed by atoms with Gasteiger partial charge in [-0.25, -0.2) is 0 Å². The van der Waals surface area contributed by atoms with Crippen molar-refractivity contribution in [1.29, 1.82) is 0 Å². The molecule has 8 nitrogen and oxygen atoms in total. The number of benzene rings is 2. The summed E-state index contributed by atoms with van der Waals surface area (Å²) in [6.45, 7) is 6.26. The molecular formula is C30H42N4O4S2. The maximum atomic E-state index is 13.6. The third-order valence-electron chi connectivity index (χ3n) is 7.05. The van der Waals surface area contributed by atoms with Gasteiger partial charge < -0.3 is 21.1 Å². The van der Waals surface area contributed by atoms with Crippen LogP contribution in [0.2, 0.25) is 0 Å². The van der Waals surface area contributed by atoms with Crippen molar-refractivity contribution >= 4 is 39.4 Å². The molecule has 1 saturated heterocycles. The van der Waals surface area contributed by atoms with Crippen molar-refractivity contribution in [2.75, 3.05) is 35.0 Å². The summed E-state index contributed by atoms with van der Waals surface area (Å²) >= 11 is 1.74. The Kier molecular flexibility index (Phi) is 10.9. The van der Waals surface area contributed by atoms with E-state index in [1.165, 1.54) is 10.4 Å². The van der Waals surface area contributed by atoms with Crippen molar-refractivity contribution in [3.8, 4) is 0 Å². The van der Waals surface area contributed by atoms with Crippen LogP contribution in [-0.2, 0) is 19.4 Å². The molecule has 40 heavy (non-hydrogen) atoms. The molecule has 2 heterocycles. The van der Waals surface area contributed by atoms with Gasteiger partial charge in [0.25, 0.3) is 5.91 Å². The number of carbonyl (C=O) groups is 1. The number of nitrogens with zero attached hydrogens (tertiary/aromatic N) is 1. The number of anilines is 2. The fraction of sp³-hybridized carbons (Fsp3) is 0.433. The lowest BCUT2D eigenvalue weighted by atomic mass is 10.00. The van der Waals surface area contributed by atoms with Crippen LogP contribution in [0.5, 0.6) is 0 Å². The second kappa shape index (κ2) is 14.3. The van der Waals surface area contributed by atoms with Gasteiger partial charge in [-0.2, -0.15) is 0 Å². The highest BCUT2D eigenvalue weighted by Crippen LogP contribution is 2.50. The van der Waals surface area contributed by atoms with Gasteiger partial charge in [-0.15, -0.1) is 22.1 Å². The topological polar surface area (TPSA) is 117 Å². The van der Waals surface area contributed by atoms with Gasteiger partial charge in [0, 0.05) is 42.3 Å². The molecule has 0 bridgehead atoms. The Morgan fingerprint density at radius 3 is 2.58 bits per heavy atom. The smallest absolute Gasteiger partial charge is 0.251 e. The first-order valence-corrected chi connectivity index (χ1v) is 16.6. The van der Waals surface area contributed by atoms with E-state index in [4.69, 9.17) is 0 Å². The number of aryl methyl sites for hydroxylation is 1. The lowest BCUT2D eigenvalue weighted by molar-refractivity contribution is 0.0830. The lowest BCUT2D eigenvalue weighted by Crippen LogP contribution is -2.48. The van der Waals surface area contributed by atoms with Crippen LogP contribution in [0.25, 0.3) is 0 Å². The van der Waals surface area contributed by atoms with Gasteiger partial charge in [-0.3, -0.25) is 18.2 Å². The molecule has 1 amide bonds. The normalized spacial score (nSPS) is 17.2. The molecule has 4 rings (SSSR count). The predicted octanol–water partition coefficient (Wildman–Crippen LogP) is 5.50. The zero-order valence-corrected chi connectivity index (χ0v) is 24.9. The molecule has 0 saturated carbocycles. The third-order valence-corrected chi connectivity index (χ3v) is 10.1. The summed E-state index contributed by atoms with van der Waals surface area (Å²) in [5.41, 5.74) is 3.94. The number of rotatable bonds is 13. The molecule has 2 aromatic carbocycles. The zero-order chi connectivity index (χ0) is 28.5. The monoisotopic (exact) mass is 586 g/mol. The summed E-state index contributed by atoms with van der Waals surface area (Å²) in [7, 11) is -2.94. The van der Waals surface area contributed by atoms with Gasteiger partial charge in [0.15, 0.2) is 0 Å². The van der Waals surface area contributed by atoms with Crippen LogP contribution in [0.3, 0.4) is 0 Å². The molecule has 0 aliphatic carbocycles. The number of amides is 1. The summed E-state index contributed by atoms with van der Waals surface area (Å²) in [5.74, 6) is 0.00332. The second-order valence-corrected chi connectivity index (χ2v) is 13.3. The molecule has 2 unspecified atom stereocenters. The quantitative estimate of drug-likeness (QED) is 0.157. The first-order valence-electron chi connectivity index (χ1n) is 14.0. The largest absolute Gasteiger partial charge is 0.390 e. The highest BCUT2D eigenvalue weighted by molar-refractivity contribution is 8.25. The maximum absolute atomic E-state index is 13.6. The summed E-state index contributed by atoms with van der Waals surface area (Å²) in [4.78, 5) is 15.0.